The van der Waals surface area contributed by atoms with Gasteiger partial charge in [0.25, 0.3) is 5.91 Å². The molecule has 1 amide bonds. The van der Waals surface area contributed by atoms with Crippen LogP contribution in [0.1, 0.15) is 35.0 Å². The number of nitrogens with zero attached hydrogens (tertiary/aromatic N) is 2. The van der Waals surface area contributed by atoms with Crippen molar-refractivity contribution >= 4 is 27.5 Å². The molecular weight excluding hydrogens is 442 g/mol. The van der Waals surface area contributed by atoms with Crippen molar-refractivity contribution in [3.63, 3.8) is 0 Å². The number of sulfonamides is 1. The Morgan fingerprint density at radius 1 is 1.13 bits per heavy atom. The Labute approximate surface area is 187 Å². The summed E-state index contributed by atoms with van der Waals surface area (Å²) in [5, 5.41) is 3.11. The molecule has 2 saturated heterocycles. The maximum atomic E-state index is 12.9. The smallest absolute Gasteiger partial charge is 0.252 e. The number of amides is 1. The van der Waals surface area contributed by atoms with Gasteiger partial charge >= 0.3 is 0 Å². The summed E-state index contributed by atoms with van der Waals surface area (Å²) in [6.45, 7) is 3.49. The van der Waals surface area contributed by atoms with Gasteiger partial charge in [-0.25, -0.2) is 8.42 Å². The molecule has 1 N–H and O–H groups in total. The molecule has 2 aromatic rings. The van der Waals surface area contributed by atoms with Crippen molar-refractivity contribution in [1.29, 1.82) is 0 Å². The van der Waals surface area contributed by atoms with Gasteiger partial charge in [-0.2, -0.15) is 4.31 Å². The topological polar surface area (TPSA) is 92.1 Å². The zero-order valence-electron chi connectivity index (χ0n) is 17.1. The average Bonchev–Trinajstić information content (AvgIpc) is 3.50. The van der Waals surface area contributed by atoms with E-state index in [1.54, 1.807) is 6.26 Å². The van der Waals surface area contributed by atoms with Crippen molar-refractivity contribution in [1.82, 2.24) is 14.5 Å². The Bertz CT molecular complexity index is 1000. The number of hydrogen-bond donors (Lipinski definition) is 1. The molecule has 8 nitrogen and oxygen atoms in total. The first-order chi connectivity index (χ1) is 15.0. The number of halogens is 1. The molecule has 0 saturated carbocycles. The van der Waals surface area contributed by atoms with Gasteiger partial charge in [-0.1, -0.05) is 11.6 Å². The lowest BCUT2D eigenvalue weighted by Gasteiger charge is -2.26. The van der Waals surface area contributed by atoms with Gasteiger partial charge in [0.15, 0.2) is 0 Å². The number of rotatable bonds is 7. The van der Waals surface area contributed by atoms with Crippen molar-refractivity contribution in [3.8, 4) is 0 Å². The summed E-state index contributed by atoms with van der Waals surface area (Å²) in [4.78, 5) is 15.3. The Morgan fingerprint density at radius 2 is 1.87 bits per heavy atom. The van der Waals surface area contributed by atoms with Crippen molar-refractivity contribution in [2.24, 2.45) is 0 Å². The summed E-state index contributed by atoms with van der Waals surface area (Å²) in [5.74, 6) is 0.372. The molecule has 168 valence electrons. The van der Waals surface area contributed by atoms with E-state index < -0.39 is 15.9 Å². The predicted octanol–water partition coefficient (Wildman–Crippen LogP) is 2.52. The molecule has 2 aliphatic rings. The fourth-order valence-corrected chi connectivity index (χ4v) is 5.64. The molecule has 0 bridgehead atoms. The fraction of sp³-hybridized carbons (Fsp3) is 0.476. The van der Waals surface area contributed by atoms with Crippen LogP contribution in [0, 0.1) is 0 Å². The van der Waals surface area contributed by atoms with Gasteiger partial charge in [0.1, 0.15) is 5.76 Å². The van der Waals surface area contributed by atoms with E-state index in [1.807, 2.05) is 12.1 Å². The predicted molar refractivity (Wildman–Crippen MR) is 116 cm³/mol. The van der Waals surface area contributed by atoms with Gasteiger partial charge in [-0.15, -0.1) is 0 Å². The maximum Gasteiger partial charge on any atom is 0.252 e. The van der Waals surface area contributed by atoms with Crippen LogP contribution in [-0.2, 0) is 14.8 Å². The first-order valence-corrected chi connectivity index (χ1v) is 12.2. The molecule has 3 heterocycles. The van der Waals surface area contributed by atoms with Crippen LogP contribution >= 0.6 is 11.6 Å². The molecule has 2 fully saturated rings. The standard InChI is InChI=1S/C21H26ClN3O5S/c22-18-6-5-16(31(27,28)25-9-12-29-13-10-25)14-17(18)21(26)23-15-19(20-4-3-11-30-20)24-7-1-2-8-24/h3-6,11,14,19H,1-2,7-10,12-13,15H2,(H,23,26)/t19-/m1/s1. The molecule has 10 heteroatoms. The number of likely N-dealkylation sites (tertiary alicyclic amines) is 1. The van der Waals surface area contributed by atoms with Gasteiger partial charge in [-0.05, 0) is 56.3 Å². The Balaban J connectivity index is 1.51. The molecule has 31 heavy (non-hydrogen) atoms. The highest BCUT2D eigenvalue weighted by molar-refractivity contribution is 7.89. The summed E-state index contributed by atoms with van der Waals surface area (Å²) < 4.78 is 38.1. The zero-order valence-corrected chi connectivity index (χ0v) is 18.7. The van der Waals surface area contributed by atoms with Crippen LogP contribution in [0.4, 0.5) is 0 Å². The quantitative estimate of drug-likeness (QED) is 0.672. The minimum absolute atomic E-state index is 0.0473. The number of nitrogens with one attached hydrogen (secondary N) is 1. The second-order valence-corrected chi connectivity index (χ2v) is 9.99. The molecular formula is C21H26ClN3O5S. The number of carbonyl (C=O) groups is 1. The second-order valence-electron chi connectivity index (χ2n) is 7.64. The first kappa shape index (κ1) is 22.3. The lowest BCUT2D eigenvalue weighted by Crippen LogP contribution is -2.40. The number of furan rings is 1. The molecule has 0 aliphatic carbocycles. The largest absolute Gasteiger partial charge is 0.468 e. The van der Waals surface area contributed by atoms with E-state index >= 15 is 0 Å². The molecule has 1 atom stereocenters. The van der Waals surface area contributed by atoms with E-state index in [-0.39, 0.29) is 34.6 Å². The Hall–Kier alpha value is -1.91. The minimum atomic E-state index is -3.72. The summed E-state index contributed by atoms with van der Waals surface area (Å²) >= 11 is 6.25. The van der Waals surface area contributed by atoms with Crippen LogP contribution in [0.25, 0.3) is 0 Å². The van der Waals surface area contributed by atoms with Gasteiger partial charge in [0, 0.05) is 19.6 Å². The molecule has 4 rings (SSSR count). The van der Waals surface area contributed by atoms with E-state index in [2.05, 4.69) is 10.2 Å². The minimum Gasteiger partial charge on any atom is -0.468 e. The number of hydrogen-bond acceptors (Lipinski definition) is 6. The lowest BCUT2D eigenvalue weighted by atomic mass is 10.1. The molecule has 1 aromatic heterocycles. The number of carbonyl (C=O) groups excluding carboxylic acids is 1. The second kappa shape index (κ2) is 9.70. The SMILES string of the molecule is O=C(NC[C@H](c1ccco1)N1CCCC1)c1cc(S(=O)(=O)N2CCOCC2)ccc1Cl. The van der Waals surface area contributed by atoms with Crippen molar-refractivity contribution in [2.75, 3.05) is 45.9 Å². The normalized spacial score (nSPS) is 19.4. The van der Waals surface area contributed by atoms with Gasteiger partial charge in [0.2, 0.25) is 10.0 Å². The number of morpholine rings is 1. The number of benzene rings is 1. The fourth-order valence-electron chi connectivity index (χ4n) is 4.00. The van der Waals surface area contributed by atoms with Gasteiger partial charge < -0.3 is 14.5 Å². The third-order valence-corrected chi connectivity index (χ3v) is 7.92. The van der Waals surface area contributed by atoms with Gasteiger partial charge in [-0.3, -0.25) is 9.69 Å². The van der Waals surface area contributed by atoms with Crippen LogP contribution in [0.2, 0.25) is 5.02 Å². The van der Waals surface area contributed by atoms with Gasteiger partial charge in [0.05, 0.1) is 41.0 Å². The third-order valence-electron chi connectivity index (χ3n) is 5.70. The third kappa shape index (κ3) is 4.96. The summed E-state index contributed by atoms with van der Waals surface area (Å²) in [7, 11) is -3.72. The highest BCUT2D eigenvalue weighted by atomic mass is 35.5. The molecule has 2 aliphatic heterocycles. The van der Waals surface area contributed by atoms with E-state index in [1.165, 1.54) is 22.5 Å². The molecule has 0 radical (unpaired) electrons. The van der Waals surface area contributed by atoms with Crippen LogP contribution in [0.3, 0.4) is 0 Å². The molecule has 1 aromatic carbocycles. The van der Waals surface area contributed by atoms with Crippen LogP contribution in [-0.4, -0.2) is 69.5 Å². The Kier molecular flexibility index (Phi) is 6.98. The molecule has 0 unspecified atom stereocenters. The monoisotopic (exact) mass is 467 g/mol. The van der Waals surface area contributed by atoms with E-state index in [4.69, 9.17) is 20.8 Å². The lowest BCUT2D eigenvalue weighted by molar-refractivity contribution is 0.0730. The van der Waals surface area contributed by atoms with E-state index in [9.17, 15) is 13.2 Å². The van der Waals surface area contributed by atoms with Crippen LogP contribution in [0.15, 0.2) is 45.9 Å². The summed E-state index contributed by atoms with van der Waals surface area (Å²) in [5.41, 5.74) is 0.135. The summed E-state index contributed by atoms with van der Waals surface area (Å²) in [6, 6.07) is 7.88. The first-order valence-electron chi connectivity index (χ1n) is 10.4. The average molecular weight is 468 g/mol. The highest BCUT2D eigenvalue weighted by Gasteiger charge is 2.29. The zero-order chi connectivity index (χ0) is 21.8. The van der Waals surface area contributed by atoms with Crippen LogP contribution in [0.5, 0.6) is 0 Å². The van der Waals surface area contributed by atoms with E-state index in [0.717, 1.165) is 31.7 Å². The van der Waals surface area contributed by atoms with Crippen molar-refractivity contribution in [2.45, 2.75) is 23.8 Å². The molecule has 0 spiro atoms. The van der Waals surface area contributed by atoms with Crippen molar-refractivity contribution in [3.05, 3.63) is 52.9 Å². The summed E-state index contributed by atoms with van der Waals surface area (Å²) in [6.07, 6.45) is 3.84. The van der Waals surface area contributed by atoms with Crippen molar-refractivity contribution < 1.29 is 22.4 Å². The Morgan fingerprint density at radius 3 is 2.55 bits per heavy atom. The van der Waals surface area contributed by atoms with Crippen LogP contribution < -0.4 is 5.32 Å². The number of ether oxygens (including phenoxy) is 1. The maximum absolute atomic E-state index is 12.9. The van der Waals surface area contributed by atoms with E-state index in [0.29, 0.717) is 19.8 Å². The highest BCUT2D eigenvalue weighted by Crippen LogP contribution is 2.26.